The van der Waals surface area contributed by atoms with Crippen molar-refractivity contribution >= 4 is 5.91 Å². The molecule has 0 aliphatic carbocycles. The largest absolute Gasteiger partial charge is 0.348 e. The predicted octanol–water partition coefficient (Wildman–Crippen LogP) is 1.16. The third kappa shape index (κ3) is 4.65. The summed E-state index contributed by atoms with van der Waals surface area (Å²) in [6, 6.07) is 10.1. The van der Waals surface area contributed by atoms with Gasteiger partial charge in [-0.2, -0.15) is 0 Å². The summed E-state index contributed by atoms with van der Waals surface area (Å²) in [6.45, 7) is 6.50. The van der Waals surface area contributed by atoms with Crippen LogP contribution in [0, 0.1) is 0 Å². The van der Waals surface area contributed by atoms with Crippen LogP contribution in [-0.4, -0.2) is 43.5 Å². The fourth-order valence-electron chi connectivity index (χ4n) is 2.38. The summed E-state index contributed by atoms with van der Waals surface area (Å²) in [6.07, 6.45) is 1.11. The molecule has 4 nitrogen and oxygen atoms in total. The van der Waals surface area contributed by atoms with E-state index in [0.29, 0.717) is 6.54 Å². The molecule has 1 atom stereocenters. The van der Waals surface area contributed by atoms with Gasteiger partial charge in [-0.05, 0) is 32.0 Å². The van der Waals surface area contributed by atoms with Crippen LogP contribution in [0.1, 0.15) is 24.9 Å². The lowest BCUT2D eigenvalue weighted by Gasteiger charge is -2.21. The van der Waals surface area contributed by atoms with E-state index in [-0.39, 0.29) is 11.9 Å². The molecule has 2 N–H and O–H groups in total. The van der Waals surface area contributed by atoms with Gasteiger partial charge in [-0.25, -0.2) is 0 Å². The highest BCUT2D eigenvalue weighted by atomic mass is 16.2. The van der Waals surface area contributed by atoms with Gasteiger partial charge < -0.3 is 10.6 Å². The average Bonchev–Trinajstić information content (AvgIpc) is 2.68. The Morgan fingerprint density at radius 1 is 1.32 bits per heavy atom. The van der Waals surface area contributed by atoms with Gasteiger partial charge >= 0.3 is 0 Å². The maximum absolute atomic E-state index is 12.0. The van der Waals surface area contributed by atoms with Crippen LogP contribution in [0.5, 0.6) is 0 Å². The molecule has 1 saturated heterocycles. The number of nitrogens with zero attached hydrogens (tertiary/aromatic N) is 1. The molecule has 104 valence electrons. The lowest BCUT2D eigenvalue weighted by molar-refractivity contribution is -0.122. The number of carbonyl (C=O) groups excluding carboxylic acids is 1. The summed E-state index contributed by atoms with van der Waals surface area (Å²) in [5.74, 6) is 0.109. The molecule has 0 radical (unpaired) electrons. The Bertz CT molecular complexity index is 386. The van der Waals surface area contributed by atoms with Gasteiger partial charge in [-0.15, -0.1) is 0 Å². The molecule has 1 heterocycles. The summed E-state index contributed by atoms with van der Waals surface area (Å²) >= 11 is 0. The second-order valence-corrected chi connectivity index (χ2v) is 5.08. The fraction of sp³-hybridized carbons (Fsp3) is 0.533. The lowest BCUT2D eigenvalue weighted by Crippen LogP contribution is -2.39. The van der Waals surface area contributed by atoms with Crippen molar-refractivity contribution < 1.29 is 4.79 Å². The lowest BCUT2D eigenvalue weighted by atomic mass is 10.1. The average molecular weight is 261 g/mol. The third-order valence-corrected chi connectivity index (χ3v) is 3.48. The third-order valence-electron chi connectivity index (χ3n) is 3.48. The summed E-state index contributed by atoms with van der Waals surface area (Å²) in [4.78, 5) is 14.2. The number of amides is 1. The molecule has 0 aromatic heterocycles. The Kier molecular flexibility index (Phi) is 5.36. The molecule has 1 unspecified atom stereocenters. The minimum absolute atomic E-state index is 0.0683. The zero-order valence-corrected chi connectivity index (χ0v) is 11.6. The molecule has 0 saturated carbocycles. The van der Waals surface area contributed by atoms with Crippen molar-refractivity contribution in [3.05, 3.63) is 35.9 Å². The highest BCUT2D eigenvalue weighted by Gasteiger charge is 2.14. The highest BCUT2D eigenvalue weighted by molar-refractivity contribution is 5.78. The summed E-state index contributed by atoms with van der Waals surface area (Å²) < 4.78 is 0. The Morgan fingerprint density at radius 3 is 2.89 bits per heavy atom. The first-order chi connectivity index (χ1) is 9.25. The maximum Gasteiger partial charge on any atom is 0.234 e. The van der Waals surface area contributed by atoms with Crippen LogP contribution in [0.25, 0.3) is 0 Å². The van der Waals surface area contributed by atoms with E-state index in [1.807, 2.05) is 37.3 Å². The molecule has 19 heavy (non-hydrogen) atoms. The van der Waals surface area contributed by atoms with Crippen LogP contribution < -0.4 is 10.6 Å². The molecular weight excluding hydrogens is 238 g/mol. The maximum atomic E-state index is 12.0. The van der Waals surface area contributed by atoms with Crippen molar-refractivity contribution in [3.8, 4) is 0 Å². The second-order valence-electron chi connectivity index (χ2n) is 5.08. The number of nitrogens with one attached hydrogen (secondary N) is 2. The highest BCUT2D eigenvalue weighted by Crippen LogP contribution is 2.10. The van der Waals surface area contributed by atoms with Crippen LogP contribution in [-0.2, 0) is 4.79 Å². The van der Waals surface area contributed by atoms with E-state index in [0.717, 1.165) is 38.2 Å². The molecule has 1 aromatic rings. The number of benzene rings is 1. The van der Waals surface area contributed by atoms with Crippen LogP contribution in [0.4, 0.5) is 0 Å². The first kappa shape index (κ1) is 14.0. The van der Waals surface area contributed by atoms with Gasteiger partial charge in [0.25, 0.3) is 0 Å². The molecular formula is C15H23N3O. The zero-order chi connectivity index (χ0) is 13.5. The summed E-state index contributed by atoms with van der Waals surface area (Å²) in [5.41, 5.74) is 1.15. The minimum Gasteiger partial charge on any atom is -0.348 e. The van der Waals surface area contributed by atoms with E-state index in [1.54, 1.807) is 0 Å². The van der Waals surface area contributed by atoms with Crippen LogP contribution in [0.3, 0.4) is 0 Å². The molecule has 4 heteroatoms. The van der Waals surface area contributed by atoms with E-state index in [2.05, 4.69) is 15.5 Å². The van der Waals surface area contributed by atoms with Gasteiger partial charge in [0.2, 0.25) is 5.91 Å². The fourth-order valence-corrected chi connectivity index (χ4v) is 2.38. The summed E-state index contributed by atoms with van der Waals surface area (Å²) in [7, 11) is 0. The van der Waals surface area contributed by atoms with Crippen molar-refractivity contribution in [1.29, 1.82) is 0 Å². The molecule has 1 aromatic carbocycles. The Labute approximate surface area is 115 Å². The number of hydrogen-bond acceptors (Lipinski definition) is 3. The van der Waals surface area contributed by atoms with Gasteiger partial charge in [0.1, 0.15) is 0 Å². The molecule has 0 bridgehead atoms. The van der Waals surface area contributed by atoms with Crippen LogP contribution in [0.15, 0.2) is 30.3 Å². The van der Waals surface area contributed by atoms with E-state index >= 15 is 0 Å². The van der Waals surface area contributed by atoms with E-state index in [9.17, 15) is 4.79 Å². The van der Waals surface area contributed by atoms with Gasteiger partial charge in [0.15, 0.2) is 0 Å². The van der Waals surface area contributed by atoms with Gasteiger partial charge in [-0.3, -0.25) is 9.69 Å². The molecule has 1 aliphatic heterocycles. The van der Waals surface area contributed by atoms with Crippen LogP contribution >= 0.6 is 0 Å². The SMILES string of the molecule is CC(NC(=O)CN1CCCNCC1)c1ccccc1. The zero-order valence-electron chi connectivity index (χ0n) is 11.6. The van der Waals surface area contributed by atoms with Crippen molar-refractivity contribution in [2.24, 2.45) is 0 Å². The summed E-state index contributed by atoms with van der Waals surface area (Å²) in [5, 5.41) is 6.41. The number of rotatable bonds is 4. The van der Waals surface area contributed by atoms with E-state index in [4.69, 9.17) is 0 Å². The predicted molar refractivity (Wildman–Crippen MR) is 76.9 cm³/mol. The molecule has 0 spiro atoms. The Balaban J connectivity index is 1.80. The minimum atomic E-state index is 0.0683. The van der Waals surface area contributed by atoms with Crippen molar-refractivity contribution in [3.63, 3.8) is 0 Å². The monoisotopic (exact) mass is 261 g/mol. The second kappa shape index (κ2) is 7.26. The standard InChI is InChI=1S/C15H23N3O/c1-13(14-6-3-2-4-7-14)17-15(19)12-18-10-5-8-16-9-11-18/h2-4,6-7,13,16H,5,8-12H2,1H3,(H,17,19). The van der Waals surface area contributed by atoms with Gasteiger partial charge in [-0.1, -0.05) is 30.3 Å². The van der Waals surface area contributed by atoms with E-state index in [1.165, 1.54) is 0 Å². The van der Waals surface area contributed by atoms with Crippen LogP contribution in [0.2, 0.25) is 0 Å². The van der Waals surface area contributed by atoms with Gasteiger partial charge in [0.05, 0.1) is 12.6 Å². The molecule has 2 rings (SSSR count). The topological polar surface area (TPSA) is 44.4 Å². The first-order valence-corrected chi connectivity index (χ1v) is 7.03. The van der Waals surface area contributed by atoms with Gasteiger partial charge in [0, 0.05) is 13.1 Å². The van der Waals surface area contributed by atoms with Crippen molar-refractivity contribution in [1.82, 2.24) is 15.5 Å². The smallest absolute Gasteiger partial charge is 0.234 e. The Morgan fingerprint density at radius 2 is 2.11 bits per heavy atom. The van der Waals surface area contributed by atoms with E-state index < -0.39 is 0 Å². The number of carbonyl (C=O) groups is 1. The van der Waals surface area contributed by atoms with Crippen molar-refractivity contribution in [2.45, 2.75) is 19.4 Å². The normalized spacial score (nSPS) is 18.6. The molecule has 1 fully saturated rings. The molecule has 1 aliphatic rings. The number of hydrogen-bond donors (Lipinski definition) is 2. The van der Waals surface area contributed by atoms with Crippen molar-refractivity contribution in [2.75, 3.05) is 32.7 Å². The quantitative estimate of drug-likeness (QED) is 0.855. The first-order valence-electron chi connectivity index (χ1n) is 7.03. The molecule has 1 amide bonds. The Hall–Kier alpha value is -1.39.